The van der Waals surface area contributed by atoms with Crippen molar-refractivity contribution in [2.75, 3.05) is 27.4 Å². The number of imidazole rings is 1. The molecule has 0 aliphatic heterocycles. The van der Waals surface area contributed by atoms with Crippen LogP contribution in [-0.2, 0) is 19.4 Å². The van der Waals surface area contributed by atoms with Crippen LogP contribution in [0.15, 0.2) is 79.4 Å². The zero-order valence-corrected chi connectivity index (χ0v) is 22.8. The first-order chi connectivity index (χ1) is 19.1. The average Bonchev–Trinajstić information content (AvgIpc) is 3.32. The number of rotatable bonds is 15. The first-order valence-electron chi connectivity index (χ1n) is 13.4. The molecular formula is C32H37N3O4. The van der Waals surface area contributed by atoms with E-state index in [0.717, 1.165) is 71.8 Å². The van der Waals surface area contributed by atoms with Crippen LogP contribution in [0.5, 0.6) is 17.2 Å². The third-order valence-corrected chi connectivity index (χ3v) is 6.63. The van der Waals surface area contributed by atoms with Gasteiger partial charge in [-0.3, -0.25) is 4.79 Å². The molecule has 39 heavy (non-hydrogen) atoms. The molecule has 0 bridgehead atoms. The van der Waals surface area contributed by atoms with E-state index in [0.29, 0.717) is 25.3 Å². The maximum absolute atomic E-state index is 12.3. The van der Waals surface area contributed by atoms with Crippen molar-refractivity contribution in [3.63, 3.8) is 0 Å². The molecule has 0 fully saturated rings. The van der Waals surface area contributed by atoms with Gasteiger partial charge in [0.2, 0.25) is 0 Å². The summed E-state index contributed by atoms with van der Waals surface area (Å²) in [7, 11) is 3.27. The Morgan fingerprint density at radius 1 is 0.974 bits per heavy atom. The summed E-state index contributed by atoms with van der Waals surface area (Å²) < 4.78 is 19.1. The monoisotopic (exact) mass is 527 g/mol. The first-order valence-corrected chi connectivity index (χ1v) is 13.4. The average molecular weight is 528 g/mol. The lowest BCUT2D eigenvalue weighted by atomic mass is 10.1. The molecule has 4 rings (SSSR count). The number of aromatic nitrogens is 2. The minimum atomic E-state index is -0.0635. The number of hydrogen-bond donors (Lipinski definition) is 1. The fraction of sp³-hybridized carbons (Fsp3) is 0.312. The molecule has 1 N–H and O–H groups in total. The molecular weight excluding hydrogens is 490 g/mol. The van der Waals surface area contributed by atoms with Gasteiger partial charge in [0.1, 0.15) is 18.2 Å². The molecule has 0 saturated heterocycles. The lowest BCUT2D eigenvalue weighted by Gasteiger charge is -2.14. The number of methoxy groups -OCH3 is 2. The van der Waals surface area contributed by atoms with Crippen molar-refractivity contribution in [1.82, 2.24) is 14.9 Å². The number of unbranched alkanes of at least 4 members (excludes halogenated alkanes) is 2. The topological polar surface area (TPSA) is 74.6 Å². The largest absolute Gasteiger partial charge is 0.497 e. The normalized spacial score (nSPS) is 10.8. The molecule has 7 nitrogen and oxygen atoms in total. The second kappa shape index (κ2) is 14.0. The van der Waals surface area contributed by atoms with Gasteiger partial charge in [0, 0.05) is 18.5 Å². The molecule has 1 aromatic heterocycles. The zero-order chi connectivity index (χ0) is 27.5. The van der Waals surface area contributed by atoms with Gasteiger partial charge in [0.25, 0.3) is 5.91 Å². The Morgan fingerprint density at radius 3 is 2.56 bits per heavy atom. The number of nitrogens with zero attached hydrogens (tertiary/aromatic N) is 2. The lowest BCUT2D eigenvalue weighted by molar-refractivity contribution is 0.0953. The van der Waals surface area contributed by atoms with Gasteiger partial charge in [0.05, 0.1) is 31.8 Å². The van der Waals surface area contributed by atoms with E-state index < -0.39 is 0 Å². The standard InChI is InChI=1S/C32H37N3O4/c1-4-10-24-14-19-29(30(23-24)38-3)39-22-21-35-28-12-8-7-11-27(28)34-31(35)13-6-5-9-20-33-32(36)25-15-17-26(37-2)18-16-25/h4,7-8,11-12,14-19,23H,1,5-6,9-10,13,20-22H2,2-3H3,(H,33,36). The van der Waals surface area contributed by atoms with Gasteiger partial charge in [-0.25, -0.2) is 4.98 Å². The molecule has 204 valence electrons. The van der Waals surface area contributed by atoms with E-state index in [9.17, 15) is 4.79 Å². The van der Waals surface area contributed by atoms with E-state index in [1.807, 2.05) is 42.5 Å². The number of fused-ring (bicyclic) bond motifs is 1. The molecule has 0 unspecified atom stereocenters. The molecule has 1 heterocycles. The zero-order valence-electron chi connectivity index (χ0n) is 22.8. The van der Waals surface area contributed by atoms with Gasteiger partial charge >= 0.3 is 0 Å². The number of benzene rings is 3. The molecule has 7 heteroatoms. The number of ether oxygens (including phenoxy) is 3. The van der Waals surface area contributed by atoms with Gasteiger partial charge in [-0.15, -0.1) is 6.58 Å². The Morgan fingerprint density at radius 2 is 1.79 bits per heavy atom. The summed E-state index contributed by atoms with van der Waals surface area (Å²) in [5.74, 6) is 3.18. The van der Waals surface area contributed by atoms with Crippen LogP contribution in [0.4, 0.5) is 0 Å². The number of para-hydroxylation sites is 2. The van der Waals surface area contributed by atoms with E-state index in [2.05, 4.69) is 22.5 Å². The van der Waals surface area contributed by atoms with Gasteiger partial charge in [-0.2, -0.15) is 0 Å². The highest BCUT2D eigenvalue weighted by Crippen LogP contribution is 2.28. The smallest absolute Gasteiger partial charge is 0.251 e. The fourth-order valence-corrected chi connectivity index (χ4v) is 4.57. The fourth-order valence-electron chi connectivity index (χ4n) is 4.57. The van der Waals surface area contributed by atoms with E-state index in [1.165, 1.54) is 0 Å². The number of carbonyl (C=O) groups excluding carboxylic acids is 1. The molecule has 0 saturated carbocycles. The van der Waals surface area contributed by atoms with E-state index in [1.54, 1.807) is 38.5 Å². The van der Waals surface area contributed by atoms with Crippen LogP contribution in [-0.4, -0.2) is 42.8 Å². The molecule has 0 aliphatic carbocycles. The van der Waals surface area contributed by atoms with Crippen molar-refractivity contribution in [3.05, 3.63) is 96.3 Å². The second-order valence-corrected chi connectivity index (χ2v) is 9.29. The van der Waals surface area contributed by atoms with Gasteiger partial charge < -0.3 is 24.1 Å². The quantitative estimate of drug-likeness (QED) is 0.152. The molecule has 0 spiro atoms. The summed E-state index contributed by atoms with van der Waals surface area (Å²) in [5, 5.41) is 3.00. The van der Waals surface area contributed by atoms with Crippen LogP contribution in [0, 0.1) is 0 Å². The minimum Gasteiger partial charge on any atom is -0.497 e. The third-order valence-electron chi connectivity index (χ3n) is 6.63. The highest BCUT2D eigenvalue weighted by atomic mass is 16.5. The van der Waals surface area contributed by atoms with Crippen molar-refractivity contribution in [2.24, 2.45) is 0 Å². The number of aryl methyl sites for hydroxylation is 1. The van der Waals surface area contributed by atoms with Gasteiger partial charge in [-0.1, -0.05) is 30.7 Å². The summed E-state index contributed by atoms with van der Waals surface area (Å²) >= 11 is 0. The summed E-state index contributed by atoms with van der Waals surface area (Å²) in [6.45, 7) is 5.63. The van der Waals surface area contributed by atoms with Crippen LogP contribution in [0.1, 0.15) is 41.0 Å². The number of allylic oxidation sites excluding steroid dienone is 1. The Kier molecular flexibility index (Phi) is 10.0. The molecule has 4 aromatic rings. The van der Waals surface area contributed by atoms with Crippen LogP contribution in [0.3, 0.4) is 0 Å². The number of amides is 1. The first kappa shape index (κ1) is 27.8. The third kappa shape index (κ3) is 7.41. The van der Waals surface area contributed by atoms with Gasteiger partial charge in [-0.05, 0) is 73.4 Å². The highest BCUT2D eigenvalue weighted by molar-refractivity contribution is 5.94. The summed E-state index contributed by atoms with van der Waals surface area (Å²) in [6.07, 6.45) is 6.42. The van der Waals surface area contributed by atoms with Crippen LogP contribution < -0.4 is 19.5 Å². The predicted molar refractivity (Wildman–Crippen MR) is 155 cm³/mol. The Balaban J connectivity index is 1.28. The van der Waals surface area contributed by atoms with Gasteiger partial charge in [0.15, 0.2) is 11.5 Å². The number of carbonyl (C=O) groups is 1. The van der Waals surface area contributed by atoms with Crippen LogP contribution >= 0.6 is 0 Å². The molecule has 1 amide bonds. The SMILES string of the molecule is C=CCc1ccc(OCCn2c(CCCCCNC(=O)c3ccc(OC)cc3)nc3ccccc32)c(OC)c1. The van der Waals surface area contributed by atoms with Crippen molar-refractivity contribution in [3.8, 4) is 17.2 Å². The summed E-state index contributed by atoms with van der Waals surface area (Å²) in [5.41, 5.74) is 3.87. The van der Waals surface area contributed by atoms with E-state index in [4.69, 9.17) is 19.2 Å². The maximum atomic E-state index is 12.3. The molecule has 0 radical (unpaired) electrons. The maximum Gasteiger partial charge on any atom is 0.251 e. The minimum absolute atomic E-state index is 0.0635. The number of nitrogens with one attached hydrogen (secondary N) is 1. The van der Waals surface area contributed by atoms with Crippen molar-refractivity contribution in [1.29, 1.82) is 0 Å². The molecule has 0 aliphatic rings. The summed E-state index contributed by atoms with van der Waals surface area (Å²) in [6, 6.07) is 21.3. The van der Waals surface area contributed by atoms with E-state index in [-0.39, 0.29) is 5.91 Å². The summed E-state index contributed by atoms with van der Waals surface area (Å²) in [4.78, 5) is 17.2. The van der Waals surface area contributed by atoms with Crippen LogP contribution in [0.2, 0.25) is 0 Å². The second-order valence-electron chi connectivity index (χ2n) is 9.29. The van der Waals surface area contributed by atoms with E-state index >= 15 is 0 Å². The van der Waals surface area contributed by atoms with Crippen LogP contribution in [0.25, 0.3) is 11.0 Å². The highest BCUT2D eigenvalue weighted by Gasteiger charge is 2.12. The molecule has 0 atom stereocenters. The number of hydrogen-bond acceptors (Lipinski definition) is 5. The lowest BCUT2D eigenvalue weighted by Crippen LogP contribution is -2.24. The predicted octanol–water partition coefficient (Wildman–Crippen LogP) is 6.00. The van der Waals surface area contributed by atoms with Crippen molar-refractivity contribution < 1.29 is 19.0 Å². The molecule has 3 aromatic carbocycles. The Labute approximate surface area is 230 Å². The van der Waals surface area contributed by atoms with Crippen molar-refractivity contribution in [2.45, 2.75) is 38.6 Å². The van der Waals surface area contributed by atoms with Crippen molar-refractivity contribution >= 4 is 16.9 Å². The Bertz CT molecular complexity index is 1380. The Hall–Kier alpha value is -4.26.